The van der Waals surface area contributed by atoms with Gasteiger partial charge in [-0.2, -0.15) is 0 Å². The lowest BCUT2D eigenvalue weighted by molar-refractivity contribution is 1.49. The van der Waals surface area contributed by atoms with Gasteiger partial charge < -0.3 is 0 Å². The predicted molar refractivity (Wildman–Crippen MR) is 72.0 cm³/mol. The average molecular weight is 219 g/mol. The van der Waals surface area contributed by atoms with E-state index in [0.717, 1.165) is 17.8 Å². The topological polar surface area (TPSA) is 12.4 Å². The van der Waals surface area contributed by atoms with E-state index < -0.39 is 0 Å². The number of aliphatic imine (C=N–C) groups is 1. The van der Waals surface area contributed by atoms with E-state index in [9.17, 15) is 0 Å². The molecule has 0 saturated heterocycles. The molecule has 17 heavy (non-hydrogen) atoms. The van der Waals surface area contributed by atoms with Crippen LogP contribution in [0, 0.1) is 0 Å². The van der Waals surface area contributed by atoms with Crippen LogP contribution in [-0.4, -0.2) is 5.71 Å². The van der Waals surface area contributed by atoms with Crippen LogP contribution in [0.4, 0.5) is 0 Å². The van der Waals surface area contributed by atoms with Crippen molar-refractivity contribution in [2.24, 2.45) is 4.99 Å². The molecular formula is C16H13N. The molecule has 3 rings (SSSR count). The predicted octanol–water partition coefficient (Wildman–Crippen LogP) is 3.92. The Labute approximate surface area is 101 Å². The molecule has 0 saturated carbocycles. The van der Waals surface area contributed by atoms with E-state index in [1.807, 2.05) is 24.3 Å². The van der Waals surface area contributed by atoms with Gasteiger partial charge in [0.25, 0.3) is 0 Å². The van der Waals surface area contributed by atoms with Crippen LogP contribution in [0.2, 0.25) is 0 Å². The van der Waals surface area contributed by atoms with Gasteiger partial charge in [0.15, 0.2) is 0 Å². The zero-order valence-corrected chi connectivity index (χ0v) is 9.51. The number of hydrogen-bond acceptors (Lipinski definition) is 1. The zero-order valence-electron chi connectivity index (χ0n) is 9.51. The van der Waals surface area contributed by atoms with Crippen molar-refractivity contribution >= 4 is 11.4 Å². The average Bonchev–Trinajstić information content (AvgIpc) is 2.90. The van der Waals surface area contributed by atoms with Crippen LogP contribution in [0.3, 0.4) is 0 Å². The lowest BCUT2D eigenvalue weighted by Gasteiger charge is -2.00. The molecule has 0 aromatic heterocycles. The van der Waals surface area contributed by atoms with Crippen molar-refractivity contribution in [1.82, 2.24) is 0 Å². The van der Waals surface area contributed by atoms with Crippen molar-refractivity contribution < 1.29 is 0 Å². The molecule has 0 bridgehead atoms. The van der Waals surface area contributed by atoms with Gasteiger partial charge in [-0.25, -0.2) is 0 Å². The Morgan fingerprint density at radius 3 is 1.94 bits per heavy atom. The molecule has 1 aliphatic rings. The minimum Gasteiger partial charge on any atom is -0.252 e. The summed E-state index contributed by atoms with van der Waals surface area (Å²) in [5, 5.41) is 0. The molecule has 1 heterocycles. The molecule has 82 valence electrons. The van der Waals surface area contributed by atoms with Gasteiger partial charge in [-0.1, -0.05) is 66.7 Å². The quantitative estimate of drug-likeness (QED) is 0.726. The molecule has 1 heteroatoms. The molecule has 0 atom stereocenters. The van der Waals surface area contributed by atoms with E-state index in [1.165, 1.54) is 11.1 Å². The lowest BCUT2D eigenvalue weighted by atomic mass is 10.1. The minimum atomic E-state index is 0.925. The summed E-state index contributed by atoms with van der Waals surface area (Å²) >= 11 is 0. The van der Waals surface area contributed by atoms with Crippen LogP contribution >= 0.6 is 0 Å². The van der Waals surface area contributed by atoms with E-state index in [4.69, 9.17) is 4.99 Å². The van der Waals surface area contributed by atoms with Crippen LogP contribution in [0.5, 0.6) is 0 Å². The molecule has 2 aromatic carbocycles. The second-order valence-electron chi connectivity index (χ2n) is 4.08. The number of allylic oxidation sites excluding steroid dienone is 1. The summed E-state index contributed by atoms with van der Waals surface area (Å²) in [4.78, 5) is 4.71. The Morgan fingerprint density at radius 1 is 0.706 bits per heavy atom. The normalized spacial score (nSPS) is 14.4. The second-order valence-corrected chi connectivity index (χ2v) is 4.08. The molecule has 1 aliphatic heterocycles. The van der Waals surface area contributed by atoms with Gasteiger partial charge in [-0.05, 0) is 11.1 Å². The van der Waals surface area contributed by atoms with E-state index in [0.29, 0.717) is 0 Å². The summed E-state index contributed by atoms with van der Waals surface area (Å²) in [5.74, 6) is 0. The maximum absolute atomic E-state index is 4.71. The molecule has 2 aromatic rings. The van der Waals surface area contributed by atoms with Gasteiger partial charge in [0.1, 0.15) is 0 Å². The fraction of sp³-hybridized carbons (Fsp3) is 0.0625. The first-order valence-corrected chi connectivity index (χ1v) is 5.82. The van der Waals surface area contributed by atoms with Crippen LogP contribution in [0.1, 0.15) is 17.5 Å². The molecule has 0 aliphatic carbocycles. The number of rotatable bonds is 2. The SMILES string of the molecule is C1=C(c2ccccc2)N=C(c2ccccc2)C1. The van der Waals surface area contributed by atoms with E-state index in [-0.39, 0.29) is 0 Å². The Balaban J connectivity index is 1.91. The summed E-state index contributed by atoms with van der Waals surface area (Å²) in [7, 11) is 0. The number of nitrogens with zero attached hydrogens (tertiary/aromatic N) is 1. The first kappa shape index (κ1) is 10.0. The Hall–Kier alpha value is -2.15. The van der Waals surface area contributed by atoms with Gasteiger partial charge in [-0.3, -0.25) is 4.99 Å². The lowest BCUT2D eigenvalue weighted by Crippen LogP contribution is -1.94. The number of benzene rings is 2. The fourth-order valence-electron chi connectivity index (χ4n) is 2.03. The zero-order chi connectivity index (χ0) is 11.5. The van der Waals surface area contributed by atoms with Gasteiger partial charge in [0.05, 0.1) is 11.4 Å². The summed E-state index contributed by atoms with van der Waals surface area (Å²) in [6.45, 7) is 0. The van der Waals surface area contributed by atoms with Gasteiger partial charge in [0, 0.05) is 6.42 Å². The standard InChI is InChI=1S/C16H13N/c1-3-7-13(8-4-1)15-11-12-16(17-15)14-9-5-2-6-10-14/h1-11H,12H2. The highest BCUT2D eigenvalue weighted by Gasteiger charge is 2.11. The van der Waals surface area contributed by atoms with E-state index in [2.05, 4.69) is 42.5 Å². The third-order valence-corrected chi connectivity index (χ3v) is 2.92. The highest BCUT2D eigenvalue weighted by molar-refractivity contribution is 6.07. The molecular weight excluding hydrogens is 206 g/mol. The van der Waals surface area contributed by atoms with Gasteiger partial charge >= 0.3 is 0 Å². The number of hydrogen-bond donors (Lipinski definition) is 0. The van der Waals surface area contributed by atoms with Crippen molar-refractivity contribution in [3.05, 3.63) is 77.9 Å². The van der Waals surface area contributed by atoms with Crippen molar-refractivity contribution in [3.8, 4) is 0 Å². The Bertz CT molecular complexity index is 565. The fourth-order valence-corrected chi connectivity index (χ4v) is 2.03. The van der Waals surface area contributed by atoms with Crippen LogP contribution in [-0.2, 0) is 0 Å². The maximum Gasteiger partial charge on any atom is 0.0669 e. The molecule has 0 fully saturated rings. The van der Waals surface area contributed by atoms with Crippen molar-refractivity contribution in [3.63, 3.8) is 0 Å². The van der Waals surface area contributed by atoms with E-state index >= 15 is 0 Å². The first-order chi connectivity index (χ1) is 8.43. The summed E-state index contributed by atoms with van der Waals surface area (Å²) in [6, 6.07) is 20.7. The maximum atomic E-state index is 4.71. The summed E-state index contributed by atoms with van der Waals surface area (Å²) in [5.41, 5.74) is 4.65. The largest absolute Gasteiger partial charge is 0.252 e. The smallest absolute Gasteiger partial charge is 0.0669 e. The van der Waals surface area contributed by atoms with Crippen LogP contribution in [0.25, 0.3) is 5.70 Å². The third-order valence-electron chi connectivity index (χ3n) is 2.92. The van der Waals surface area contributed by atoms with Crippen LogP contribution in [0.15, 0.2) is 71.7 Å². The monoisotopic (exact) mass is 219 g/mol. The first-order valence-electron chi connectivity index (χ1n) is 5.82. The molecule has 1 nitrogen and oxygen atoms in total. The van der Waals surface area contributed by atoms with Crippen molar-refractivity contribution in [2.45, 2.75) is 6.42 Å². The molecule has 0 spiro atoms. The summed E-state index contributed by atoms with van der Waals surface area (Å²) in [6.07, 6.45) is 3.12. The van der Waals surface area contributed by atoms with Gasteiger partial charge in [0.2, 0.25) is 0 Å². The molecule has 0 radical (unpaired) electrons. The molecule has 0 N–H and O–H groups in total. The minimum absolute atomic E-state index is 0.925. The highest BCUT2D eigenvalue weighted by atomic mass is 14.8. The van der Waals surface area contributed by atoms with Crippen molar-refractivity contribution in [1.29, 1.82) is 0 Å². The molecule has 0 unspecified atom stereocenters. The third kappa shape index (κ3) is 2.04. The van der Waals surface area contributed by atoms with E-state index in [1.54, 1.807) is 0 Å². The highest BCUT2D eigenvalue weighted by Crippen LogP contribution is 2.24. The summed E-state index contributed by atoms with van der Waals surface area (Å²) < 4.78 is 0. The Kier molecular flexibility index (Phi) is 2.59. The van der Waals surface area contributed by atoms with Gasteiger partial charge in [-0.15, -0.1) is 0 Å². The second kappa shape index (κ2) is 4.38. The molecule has 0 amide bonds. The van der Waals surface area contributed by atoms with Crippen molar-refractivity contribution in [2.75, 3.05) is 0 Å². The van der Waals surface area contributed by atoms with Crippen LogP contribution < -0.4 is 0 Å². The Morgan fingerprint density at radius 2 is 1.29 bits per heavy atom.